The minimum atomic E-state index is -0.251. The largest absolute Gasteiger partial charge is 0.399 e. The molecule has 43 valence electrons. The van der Waals surface area contributed by atoms with Crippen molar-refractivity contribution < 1.29 is 5.82 Å². The van der Waals surface area contributed by atoms with E-state index >= 15 is 0 Å². The van der Waals surface area contributed by atoms with Crippen LogP contribution in [0.3, 0.4) is 0 Å². The summed E-state index contributed by atoms with van der Waals surface area (Å²) in [5.74, 6) is -0.251. The van der Waals surface area contributed by atoms with Crippen LogP contribution in [0.4, 0.5) is 10.1 Å². The van der Waals surface area contributed by atoms with Crippen molar-refractivity contribution in [1.82, 2.24) is 0 Å². The summed E-state index contributed by atoms with van der Waals surface area (Å²) in [4.78, 5) is 0. The Bertz CT molecular complexity index is 152. The number of nitrogen functional groups attached to an aromatic ring is 1. The van der Waals surface area contributed by atoms with E-state index in [0.717, 1.165) is 0 Å². The van der Waals surface area contributed by atoms with Gasteiger partial charge in [-0.3, -0.25) is 0 Å². The topological polar surface area (TPSA) is 26.0 Å². The van der Waals surface area contributed by atoms with Crippen molar-refractivity contribution in [1.29, 1.82) is 0 Å². The molecule has 0 spiro atoms. The molecule has 1 radical (unpaired) electrons. The third-order valence-electron chi connectivity index (χ3n) is 0.870. The molecule has 0 bridgehead atoms. The van der Waals surface area contributed by atoms with E-state index < -0.39 is 0 Å². The minimum absolute atomic E-state index is 0. The molecule has 0 heterocycles. The van der Waals surface area contributed by atoms with E-state index in [1.165, 1.54) is 24.3 Å². The van der Waals surface area contributed by atoms with Crippen molar-refractivity contribution in [2.24, 2.45) is 0 Å². The Balaban J connectivity index is 0.000000640. The van der Waals surface area contributed by atoms with E-state index in [1.807, 2.05) is 0 Å². The Morgan fingerprint density at radius 3 is 2.12 bits per heavy atom. The third-order valence-corrected chi connectivity index (χ3v) is 0.870. The van der Waals surface area contributed by atoms with Gasteiger partial charge in [0.1, 0.15) is 5.82 Å². The van der Waals surface area contributed by atoms with Gasteiger partial charge in [-0.05, 0) is 24.3 Å². The van der Waals surface area contributed by atoms with Gasteiger partial charge in [0.2, 0.25) is 0 Å². The van der Waals surface area contributed by atoms with Crippen LogP contribution < -0.4 is 5.73 Å². The maximum absolute atomic E-state index is 12.0. The molecule has 0 amide bonds. The van der Waals surface area contributed by atoms with Gasteiger partial charge in [-0.1, -0.05) is 0 Å². The molecule has 0 aliphatic carbocycles. The van der Waals surface area contributed by atoms with Gasteiger partial charge < -0.3 is 5.73 Å². The van der Waals surface area contributed by atoms with E-state index in [-0.39, 0.29) is 7.24 Å². The number of nitrogens with two attached hydrogens (primary N) is 1. The summed E-state index contributed by atoms with van der Waals surface area (Å²) >= 11 is 0. The second-order valence-electron chi connectivity index (χ2n) is 1.55. The molecule has 0 fully saturated rings. The van der Waals surface area contributed by atoms with Crippen molar-refractivity contribution in [2.75, 3.05) is 5.73 Å². The molecule has 0 aliphatic rings. The molecule has 1 aromatic rings. The van der Waals surface area contributed by atoms with E-state index in [4.69, 9.17) is 5.73 Å². The molecule has 1 aromatic carbocycles. The first kappa shape index (κ1) is 5.09. The Morgan fingerprint density at radius 1 is 1.25 bits per heavy atom. The van der Waals surface area contributed by atoms with Crippen LogP contribution in [-0.2, 0) is 0 Å². The van der Waals surface area contributed by atoms with Gasteiger partial charge in [-0.2, -0.15) is 0 Å². The van der Waals surface area contributed by atoms with Crippen molar-refractivity contribution >= 4 is 5.69 Å². The Morgan fingerprint density at radius 2 is 1.75 bits per heavy atom. The summed E-state index contributed by atoms with van der Waals surface area (Å²) in [6, 6.07) is 5.70. The highest BCUT2D eigenvalue weighted by atomic mass is 19.1. The SMILES string of the molecule is Nc1ccc(F)cc1.[2H]. The van der Waals surface area contributed by atoms with E-state index in [0.29, 0.717) is 5.69 Å². The van der Waals surface area contributed by atoms with Gasteiger partial charge in [-0.25, -0.2) is 4.39 Å². The van der Waals surface area contributed by atoms with Crippen LogP contribution in [0.5, 0.6) is 0 Å². The zero-order valence-corrected chi connectivity index (χ0v) is 4.26. The number of anilines is 1. The van der Waals surface area contributed by atoms with Gasteiger partial charge >= 0.3 is 0 Å². The Kier molecular flexibility index (Phi) is 1.16. The van der Waals surface area contributed by atoms with Gasteiger partial charge in [0, 0.05) is 7.11 Å². The van der Waals surface area contributed by atoms with Crippen LogP contribution >= 0.6 is 0 Å². The summed E-state index contributed by atoms with van der Waals surface area (Å²) in [5, 5.41) is 0. The van der Waals surface area contributed by atoms with E-state index in [2.05, 4.69) is 0 Å². The fraction of sp³-hybridized carbons (Fsp3) is 0. The predicted molar refractivity (Wildman–Crippen MR) is 31.9 cm³/mol. The molecule has 0 saturated heterocycles. The van der Waals surface area contributed by atoms with Crippen molar-refractivity contribution in [3.05, 3.63) is 30.1 Å². The molecule has 2 N–H and O–H groups in total. The van der Waals surface area contributed by atoms with Crippen LogP contribution in [0.1, 0.15) is 1.43 Å². The molecule has 2 heteroatoms. The number of halogens is 1. The summed E-state index contributed by atoms with van der Waals surface area (Å²) in [6.07, 6.45) is 0. The normalized spacial score (nSPS) is 9.12. The molecule has 0 unspecified atom stereocenters. The second kappa shape index (κ2) is 1.82. The average molecular weight is 113 g/mol. The zero-order chi connectivity index (χ0) is 5.98. The van der Waals surface area contributed by atoms with Crippen LogP contribution in [0.25, 0.3) is 0 Å². The van der Waals surface area contributed by atoms with Crippen molar-refractivity contribution in [3.8, 4) is 0 Å². The fourth-order valence-electron chi connectivity index (χ4n) is 0.463. The average Bonchev–Trinajstić information content (AvgIpc) is 1.77. The predicted octanol–water partition coefficient (Wildman–Crippen LogP) is 1.52. The van der Waals surface area contributed by atoms with Crippen LogP contribution in [0.2, 0.25) is 0 Å². The first-order valence-electron chi connectivity index (χ1n) is 2.30. The molecule has 0 aromatic heterocycles. The summed E-state index contributed by atoms with van der Waals surface area (Å²) in [5.41, 5.74) is 5.85. The molecule has 8 heavy (non-hydrogen) atoms. The lowest BCUT2D eigenvalue weighted by Crippen LogP contribution is -1.82. The first-order chi connectivity index (χ1) is 3.79. The van der Waals surface area contributed by atoms with Crippen LogP contribution in [-0.4, -0.2) is 0 Å². The Hall–Kier alpha value is -1.05. The molecular formula is C6H7FN. The van der Waals surface area contributed by atoms with Gasteiger partial charge in [0.05, 0.1) is 0 Å². The van der Waals surface area contributed by atoms with E-state index in [9.17, 15) is 4.39 Å². The second-order valence-corrected chi connectivity index (χ2v) is 1.55. The minimum Gasteiger partial charge on any atom is -0.399 e. The van der Waals surface area contributed by atoms with Crippen molar-refractivity contribution in [3.63, 3.8) is 0 Å². The summed E-state index contributed by atoms with van der Waals surface area (Å²) in [7, 11) is 0. The monoisotopic (exact) mass is 113 g/mol. The van der Waals surface area contributed by atoms with Crippen LogP contribution in [0, 0.1) is 5.82 Å². The maximum Gasteiger partial charge on any atom is 0.123 e. The number of benzene rings is 1. The molecule has 1 nitrogen and oxygen atoms in total. The van der Waals surface area contributed by atoms with Gasteiger partial charge in [0.25, 0.3) is 0 Å². The lowest BCUT2D eigenvalue weighted by molar-refractivity contribution is 0.628. The smallest absolute Gasteiger partial charge is 0.123 e. The molecule has 0 saturated carbocycles. The summed E-state index contributed by atoms with van der Waals surface area (Å²) in [6.45, 7) is 0. The maximum atomic E-state index is 12.0. The fourth-order valence-corrected chi connectivity index (χ4v) is 0.463. The molecular weight excluding hydrogens is 105 g/mol. The highest BCUT2D eigenvalue weighted by Crippen LogP contribution is 2.01. The lowest BCUT2D eigenvalue weighted by atomic mass is 10.3. The summed E-state index contributed by atoms with van der Waals surface area (Å²) < 4.78 is 12.0. The number of hydrogen-bond acceptors (Lipinski definition) is 1. The van der Waals surface area contributed by atoms with E-state index in [1.54, 1.807) is 0 Å². The first-order valence-corrected chi connectivity index (χ1v) is 2.30. The van der Waals surface area contributed by atoms with Crippen LogP contribution in [0.15, 0.2) is 24.3 Å². The zero-order valence-electron chi connectivity index (χ0n) is 5.26. The quantitative estimate of drug-likeness (QED) is 0.507. The number of hydrogen-bond donors (Lipinski definition) is 1. The standard InChI is InChI=1S/C6H6FN.H/c7-5-1-3-6(8)4-2-5;/h1-4H,8H2;/i;1+1. The molecule has 1 rings (SSSR count). The number of rotatable bonds is 0. The highest BCUT2D eigenvalue weighted by molar-refractivity contribution is 5.36. The van der Waals surface area contributed by atoms with Crippen molar-refractivity contribution in [2.45, 2.75) is 0 Å². The Labute approximate surface area is 48.4 Å². The molecule has 0 atom stereocenters. The highest BCUT2D eigenvalue weighted by Gasteiger charge is 1.83. The third kappa shape index (κ3) is 0.964. The van der Waals surface area contributed by atoms with Gasteiger partial charge in [-0.15, -0.1) is 0 Å². The molecule has 0 aliphatic heterocycles. The lowest BCUT2D eigenvalue weighted by Gasteiger charge is -1.87. The van der Waals surface area contributed by atoms with Gasteiger partial charge in [0.15, 0.2) is 0 Å².